The van der Waals surface area contributed by atoms with Crippen LogP contribution < -0.4 is 10.1 Å². The number of aliphatic hydroxyl groups is 1. The fourth-order valence-electron chi connectivity index (χ4n) is 3.24. The monoisotopic (exact) mass is 366 g/mol. The van der Waals surface area contributed by atoms with Crippen LogP contribution >= 0.6 is 11.6 Å². The number of aromatic nitrogens is 1. The maximum absolute atomic E-state index is 12.7. The molecular weight excluding hydrogens is 352 g/mol. The van der Waals surface area contributed by atoms with Gasteiger partial charge in [-0.2, -0.15) is 0 Å². The van der Waals surface area contributed by atoms with Crippen molar-refractivity contribution in [1.29, 1.82) is 0 Å². The van der Waals surface area contributed by atoms with Crippen molar-refractivity contribution in [2.24, 2.45) is 0 Å². The van der Waals surface area contributed by atoms with Gasteiger partial charge in [-0.1, -0.05) is 17.7 Å². The molecule has 2 heterocycles. The van der Waals surface area contributed by atoms with Crippen molar-refractivity contribution in [1.82, 2.24) is 4.98 Å². The first kappa shape index (κ1) is 16.6. The van der Waals surface area contributed by atoms with Gasteiger partial charge in [-0.15, -0.1) is 0 Å². The molecule has 1 aromatic heterocycles. The average molecular weight is 367 g/mol. The molecule has 0 aliphatic carbocycles. The number of halogens is 1. The number of nitrogens with zero attached hydrogens (tertiary/aromatic N) is 1. The number of ether oxygens (including phenoxy) is 1. The maximum Gasteiger partial charge on any atom is 0.266 e. The molecule has 0 saturated carbocycles. The van der Waals surface area contributed by atoms with Gasteiger partial charge in [-0.3, -0.25) is 9.78 Å². The molecule has 0 saturated heterocycles. The molecule has 0 spiro atoms. The number of nitrogens with one attached hydrogen (secondary N) is 1. The lowest BCUT2D eigenvalue weighted by Crippen LogP contribution is -2.35. The summed E-state index contributed by atoms with van der Waals surface area (Å²) in [4.78, 5) is 16.7. The van der Waals surface area contributed by atoms with E-state index in [1.165, 1.54) is 7.11 Å². The van der Waals surface area contributed by atoms with Crippen molar-refractivity contribution in [3.05, 3.63) is 77.1 Å². The van der Waals surface area contributed by atoms with Crippen LogP contribution in [0.5, 0.6) is 5.75 Å². The zero-order chi connectivity index (χ0) is 18.3. The fraction of sp³-hybridized carbons (Fsp3) is 0.100. The van der Waals surface area contributed by atoms with Crippen molar-refractivity contribution in [3.63, 3.8) is 0 Å². The highest BCUT2D eigenvalue weighted by Crippen LogP contribution is 2.46. The van der Waals surface area contributed by atoms with Crippen LogP contribution in [0, 0.1) is 0 Å². The largest absolute Gasteiger partial charge is 0.496 e. The number of carbonyl (C=O) groups is 1. The van der Waals surface area contributed by atoms with Gasteiger partial charge in [-0.25, -0.2) is 0 Å². The van der Waals surface area contributed by atoms with E-state index in [1.807, 2.05) is 18.2 Å². The standard InChI is InChI=1S/C20H15ClN2O3/c1-26-18-5-2-13(12-6-8-22-9-7-12)10-16(18)20(25)15-11-14(21)3-4-17(15)23-19(20)24/h2-11,25H,1H3,(H,23,24). The molecule has 1 aliphatic heterocycles. The number of anilines is 1. The second-order valence-electron chi connectivity index (χ2n) is 6.01. The SMILES string of the molecule is COc1ccc(-c2ccncc2)cc1C1(O)C(=O)Nc2ccc(Cl)cc21. The highest BCUT2D eigenvalue weighted by atomic mass is 35.5. The lowest BCUT2D eigenvalue weighted by Gasteiger charge is -2.24. The Morgan fingerprint density at radius 1 is 1.04 bits per heavy atom. The van der Waals surface area contributed by atoms with Crippen molar-refractivity contribution in [2.45, 2.75) is 5.60 Å². The molecule has 0 bridgehead atoms. The molecule has 1 amide bonds. The van der Waals surface area contributed by atoms with Crippen LogP contribution in [0.3, 0.4) is 0 Å². The minimum Gasteiger partial charge on any atom is -0.496 e. The first-order valence-corrected chi connectivity index (χ1v) is 8.34. The van der Waals surface area contributed by atoms with E-state index < -0.39 is 11.5 Å². The van der Waals surface area contributed by atoms with Gasteiger partial charge in [0.15, 0.2) is 5.60 Å². The van der Waals surface area contributed by atoms with E-state index in [9.17, 15) is 9.90 Å². The van der Waals surface area contributed by atoms with E-state index in [-0.39, 0.29) is 0 Å². The van der Waals surface area contributed by atoms with E-state index in [0.717, 1.165) is 11.1 Å². The van der Waals surface area contributed by atoms with Crippen molar-refractivity contribution in [2.75, 3.05) is 12.4 Å². The molecule has 2 aromatic carbocycles. The number of fused-ring (bicyclic) bond motifs is 1. The Morgan fingerprint density at radius 3 is 2.54 bits per heavy atom. The molecule has 0 radical (unpaired) electrons. The second kappa shape index (κ2) is 6.12. The quantitative estimate of drug-likeness (QED) is 0.743. The van der Waals surface area contributed by atoms with Crippen LogP contribution in [0.2, 0.25) is 5.02 Å². The molecule has 26 heavy (non-hydrogen) atoms. The summed E-state index contributed by atoms with van der Waals surface area (Å²) < 4.78 is 5.42. The molecule has 4 rings (SSSR count). The first-order chi connectivity index (χ1) is 12.5. The first-order valence-electron chi connectivity index (χ1n) is 7.97. The predicted molar refractivity (Wildman–Crippen MR) is 99.3 cm³/mol. The summed E-state index contributed by atoms with van der Waals surface area (Å²) in [7, 11) is 1.50. The van der Waals surface area contributed by atoms with Gasteiger partial charge in [0.25, 0.3) is 5.91 Å². The lowest BCUT2D eigenvalue weighted by atomic mass is 9.85. The zero-order valence-corrected chi connectivity index (χ0v) is 14.6. The number of hydrogen-bond donors (Lipinski definition) is 2. The highest BCUT2D eigenvalue weighted by Gasteiger charge is 2.48. The highest BCUT2D eigenvalue weighted by molar-refractivity contribution is 6.31. The summed E-state index contributed by atoms with van der Waals surface area (Å²) in [6, 6.07) is 14.0. The minimum atomic E-state index is -1.89. The number of rotatable bonds is 3. The third-order valence-electron chi connectivity index (χ3n) is 4.55. The van der Waals surface area contributed by atoms with Crippen LogP contribution in [0.1, 0.15) is 11.1 Å². The van der Waals surface area contributed by atoms with E-state index in [0.29, 0.717) is 27.6 Å². The van der Waals surface area contributed by atoms with Crippen LogP contribution in [-0.2, 0) is 10.4 Å². The van der Waals surface area contributed by atoms with E-state index in [2.05, 4.69) is 10.3 Å². The summed E-state index contributed by atoms with van der Waals surface area (Å²) >= 11 is 6.10. The molecule has 3 aromatic rings. The number of amides is 1. The molecule has 130 valence electrons. The molecule has 5 nitrogen and oxygen atoms in total. The fourth-order valence-corrected chi connectivity index (χ4v) is 3.41. The predicted octanol–water partition coefficient (Wildman–Crippen LogP) is 3.60. The minimum absolute atomic E-state index is 0.354. The Balaban J connectivity index is 1.95. The van der Waals surface area contributed by atoms with E-state index >= 15 is 0 Å². The Labute approximate surface area is 155 Å². The molecule has 2 N–H and O–H groups in total. The van der Waals surface area contributed by atoms with E-state index in [4.69, 9.17) is 16.3 Å². The van der Waals surface area contributed by atoms with E-state index in [1.54, 1.807) is 42.7 Å². The van der Waals surface area contributed by atoms with Gasteiger partial charge in [0.1, 0.15) is 5.75 Å². The Hall–Kier alpha value is -2.89. The number of hydrogen-bond acceptors (Lipinski definition) is 4. The summed E-state index contributed by atoms with van der Waals surface area (Å²) in [6.07, 6.45) is 3.37. The maximum atomic E-state index is 12.7. The van der Waals surface area contributed by atoms with Gasteiger partial charge in [0, 0.05) is 34.2 Å². The molecular formula is C20H15ClN2O3. The molecule has 1 unspecified atom stereocenters. The van der Waals surface area contributed by atoms with Crippen molar-refractivity contribution in [3.8, 4) is 16.9 Å². The molecule has 1 atom stereocenters. The number of benzene rings is 2. The number of carbonyl (C=O) groups excluding carboxylic acids is 1. The number of pyridine rings is 1. The summed E-state index contributed by atoms with van der Waals surface area (Å²) in [6.45, 7) is 0. The molecule has 1 aliphatic rings. The summed E-state index contributed by atoms with van der Waals surface area (Å²) in [5, 5.41) is 14.6. The smallest absolute Gasteiger partial charge is 0.266 e. The average Bonchev–Trinajstić information content (AvgIpc) is 2.93. The van der Waals surface area contributed by atoms with Gasteiger partial charge in [0.05, 0.1) is 7.11 Å². The lowest BCUT2D eigenvalue weighted by molar-refractivity contribution is -0.129. The van der Waals surface area contributed by atoms with Crippen molar-refractivity contribution >= 4 is 23.2 Å². The van der Waals surface area contributed by atoms with Gasteiger partial charge in [0.2, 0.25) is 0 Å². The van der Waals surface area contributed by atoms with Crippen LogP contribution in [-0.4, -0.2) is 23.1 Å². The Morgan fingerprint density at radius 2 is 1.81 bits per heavy atom. The molecule has 6 heteroatoms. The third-order valence-corrected chi connectivity index (χ3v) is 4.79. The Kier molecular flexibility index (Phi) is 3.90. The Bertz CT molecular complexity index is 1010. The normalized spacial score (nSPS) is 18.3. The van der Waals surface area contributed by atoms with Gasteiger partial charge in [-0.05, 0) is 53.6 Å². The zero-order valence-electron chi connectivity index (χ0n) is 13.9. The third kappa shape index (κ3) is 2.44. The summed E-state index contributed by atoms with van der Waals surface area (Å²) in [5.74, 6) is -0.131. The summed E-state index contributed by atoms with van der Waals surface area (Å²) in [5.41, 5.74) is 1.14. The van der Waals surface area contributed by atoms with Gasteiger partial charge < -0.3 is 15.2 Å². The van der Waals surface area contributed by atoms with Crippen LogP contribution in [0.15, 0.2) is 60.9 Å². The second-order valence-corrected chi connectivity index (χ2v) is 6.44. The molecule has 0 fully saturated rings. The number of methoxy groups -OCH3 is 1. The van der Waals surface area contributed by atoms with Crippen LogP contribution in [0.4, 0.5) is 5.69 Å². The van der Waals surface area contributed by atoms with Crippen molar-refractivity contribution < 1.29 is 14.6 Å². The topological polar surface area (TPSA) is 71.5 Å². The van der Waals surface area contributed by atoms with Gasteiger partial charge >= 0.3 is 0 Å². The van der Waals surface area contributed by atoms with Crippen LogP contribution in [0.25, 0.3) is 11.1 Å².